The van der Waals surface area contributed by atoms with Crippen molar-refractivity contribution in [2.24, 2.45) is 0 Å². The molecule has 2 heterocycles. The van der Waals surface area contributed by atoms with E-state index in [4.69, 9.17) is 9.47 Å². The van der Waals surface area contributed by atoms with Crippen molar-refractivity contribution in [1.82, 2.24) is 9.88 Å². The average molecular weight is 384 g/mol. The van der Waals surface area contributed by atoms with Gasteiger partial charge in [0.25, 0.3) is 0 Å². The van der Waals surface area contributed by atoms with Crippen LogP contribution in [0.15, 0.2) is 42.6 Å². The molecule has 0 atom stereocenters. The molecule has 28 heavy (non-hydrogen) atoms. The summed E-state index contributed by atoms with van der Waals surface area (Å²) in [6.07, 6.45) is 1.52. The minimum atomic E-state index is -0.374. The van der Waals surface area contributed by atoms with E-state index in [0.717, 1.165) is 5.82 Å². The molecular weight excluding hydrogens is 360 g/mol. The number of hydrogen-bond donors (Lipinski definition) is 1. The number of hydrogen-bond acceptors (Lipinski definition) is 6. The number of nitrogens with zero attached hydrogens (tertiary/aromatic N) is 3. The average Bonchev–Trinajstić information content (AvgIpc) is 2.74. The minimum absolute atomic E-state index is 0.140. The first-order chi connectivity index (χ1) is 13.6. The van der Waals surface area contributed by atoms with Gasteiger partial charge in [-0.15, -0.1) is 0 Å². The summed E-state index contributed by atoms with van der Waals surface area (Å²) in [7, 11) is 1.59. The molecule has 0 aliphatic carbocycles. The van der Waals surface area contributed by atoms with Crippen LogP contribution in [0.5, 0.6) is 5.75 Å². The number of anilines is 2. The Morgan fingerprint density at radius 2 is 1.93 bits per heavy atom. The summed E-state index contributed by atoms with van der Waals surface area (Å²) in [6, 6.07) is 10.6. The van der Waals surface area contributed by atoms with Gasteiger partial charge in [-0.05, 0) is 31.2 Å². The molecule has 0 unspecified atom stereocenters. The minimum Gasteiger partial charge on any atom is -0.497 e. The molecular formula is C20H24N4O4. The van der Waals surface area contributed by atoms with Gasteiger partial charge < -0.3 is 24.6 Å². The molecule has 148 valence electrons. The monoisotopic (exact) mass is 384 g/mol. The number of ether oxygens (including phenoxy) is 2. The Hall–Kier alpha value is -3.29. The second-order valence-electron chi connectivity index (χ2n) is 6.26. The van der Waals surface area contributed by atoms with E-state index < -0.39 is 0 Å². The molecule has 0 radical (unpaired) electrons. The predicted octanol–water partition coefficient (Wildman–Crippen LogP) is 2.62. The van der Waals surface area contributed by atoms with Gasteiger partial charge >= 0.3 is 12.0 Å². The summed E-state index contributed by atoms with van der Waals surface area (Å²) in [5.74, 6) is 1.10. The smallest absolute Gasteiger partial charge is 0.339 e. The first kappa shape index (κ1) is 19.5. The van der Waals surface area contributed by atoms with Crippen LogP contribution in [0.25, 0.3) is 0 Å². The van der Waals surface area contributed by atoms with Crippen molar-refractivity contribution < 1.29 is 19.1 Å². The molecule has 1 saturated heterocycles. The zero-order valence-corrected chi connectivity index (χ0v) is 16.1. The Balaban J connectivity index is 1.53. The maximum absolute atomic E-state index is 12.5. The number of amides is 2. The van der Waals surface area contributed by atoms with Crippen molar-refractivity contribution in [2.45, 2.75) is 6.92 Å². The fourth-order valence-electron chi connectivity index (χ4n) is 2.95. The lowest BCUT2D eigenvalue weighted by Gasteiger charge is -2.35. The van der Waals surface area contributed by atoms with Crippen molar-refractivity contribution in [3.63, 3.8) is 0 Å². The van der Waals surface area contributed by atoms with E-state index in [2.05, 4.69) is 15.2 Å². The maximum atomic E-state index is 12.5. The molecule has 2 aromatic rings. The highest BCUT2D eigenvalue weighted by Crippen LogP contribution is 2.18. The molecule has 0 saturated carbocycles. The van der Waals surface area contributed by atoms with Crippen LogP contribution >= 0.6 is 0 Å². The zero-order chi connectivity index (χ0) is 19.9. The van der Waals surface area contributed by atoms with Gasteiger partial charge in [-0.3, -0.25) is 0 Å². The molecule has 1 fully saturated rings. The Kier molecular flexibility index (Phi) is 6.31. The number of benzene rings is 1. The fourth-order valence-corrected chi connectivity index (χ4v) is 2.95. The van der Waals surface area contributed by atoms with Crippen LogP contribution in [0.3, 0.4) is 0 Å². The summed E-state index contributed by atoms with van der Waals surface area (Å²) in [5.41, 5.74) is 1.13. The van der Waals surface area contributed by atoms with Gasteiger partial charge in [0.2, 0.25) is 0 Å². The van der Waals surface area contributed by atoms with E-state index in [-0.39, 0.29) is 12.0 Å². The molecule has 3 rings (SSSR count). The third-order valence-electron chi connectivity index (χ3n) is 4.47. The highest BCUT2D eigenvalue weighted by molar-refractivity contribution is 5.90. The Morgan fingerprint density at radius 1 is 1.14 bits per heavy atom. The van der Waals surface area contributed by atoms with Crippen molar-refractivity contribution in [1.29, 1.82) is 0 Å². The number of esters is 1. The number of methoxy groups -OCH3 is 1. The van der Waals surface area contributed by atoms with E-state index in [9.17, 15) is 9.59 Å². The zero-order valence-electron chi connectivity index (χ0n) is 16.1. The molecule has 1 aromatic carbocycles. The van der Waals surface area contributed by atoms with Crippen LogP contribution in [-0.4, -0.2) is 61.8 Å². The first-order valence-electron chi connectivity index (χ1n) is 9.19. The predicted molar refractivity (Wildman–Crippen MR) is 106 cm³/mol. The van der Waals surface area contributed by atoms with Crippen LogP contribution in [0.2, 0.25) is 0 Å². The van der Waals surface area contributed by atoms with Crippen molar-refractivity contribution >= 4 is 23.5 Å². The number of piperazine rings is 1. The summed E-state index contributed by atoms with van der Waals surface area (Å²) in [4.78, 5) is 32.4. The van der Waals surface area contributed by atoms with Crippen LogP contribution in [-0.2, 0) is 4.74 Å². The molecule has 1 aliphatic heterocycles. The standard InChI is InChI=1S/C20H24N4O4/c1-3-28-19(25)15-7-8-18(21-14-15)23-9-11-24(12-10-23)20(26)22-16-5-4-6-17(13-16)27-2/h4-8,13-14H,3,9-12H2,1-2H3,(H,22,26). The van der Waals surface area contributed by atoms with Crippen LogP contribution in [0, 0.1) is 0 Å². The summed E-state index contributed by atoms with van der Waals surface area (Å²) >= 11 is 0. The van der Waals surface area contributed by atoms with E-state index in [1.54, 1.807) is 37.1 Å². The summed E-state index contributed by atoms with van der Waals surface area (Å²) in [5, 5.41) is 2.89. The molecule has 1 aliphatic rings. The van der Waals surface area contributed by atoms with Gasteiger partial charge in [0, 0.05) is 44.1 Å². The maximum Gasteiger partial charge on any atom is 0.339 e. The number of nitrogens with one attached hydrogen (secondary N) is 1. The van der Waals surface area contributed by atoms with E-state index in [0.29, 0.717) is 49.8 Å². The lowest BCUT2D eigenvalue weighted by Crippen LogP contribution is -2.50. The lowest BCUT2D eigenvalue weighted by molar-refractivity contribution is 0.0526. The van der Waals surface area contributed by atoms with Crippen molar-refractivity contribution in [3.8, 4) is 5.75 Å². The second kappa shape index (κ2) is 9.07. The Bertz CT molecular complexity index is 817. The van der Waals surface area contributed by atoms with Crippen LogP contribution in [0.4, 0.5) is 16.3 Å². The van der Waals surface area contributed by atoms with E-state index >= 15 is 0 Å². The van der Waals surface area contributed by atoms with Gasteiger partial charge in [0.15, 0.2) is 0 Å². The molecule has 0 bridgehead atoms. The largest absolute Gasteiger partial charge is 0.497 e. The molecule has 1 N–H and O–H groups in total. The summed E-state index contributed by atoms with van der Waals surface area (Å²) in [6.45, 7) is 4.59. The van der Waals surface area contributed by atoms with Gasteiger partial charge in [0.05, 0.1) is 19.3 Å². The van der Waals surface area contributed by atoms with Gasteiger partial charge in [-0.2, -0.15) is 0 Å². The normalized spacial score (nSPS) is 13.8. The van der Waals surface area contributed by atoms with Crippen molar-refractivity contribution in [3.05, 3.63) is 48.2 Å². The summed E-state index contributed by atoms with van der Waals surface area (Å²) < 4.78 is 10.1. The van der Waals surface area contributed by atoms with Crippen LogP contribution < -0.4 is 15.0 Å². The fraction of sp³-hybridized carbons (Fsp3) is 0.350. The van der Waals surface area contributed by atoms with Gasteiger partial charge in [0.1, 0.15) is 11.6 Å². The number of rotatable bonds is 5. The first-order valence-corrected chi connectivity index (χ1v) is 9.19. The van der Waals surface area contributed by atoms with Crippen molar-refractivity contribution in [2.75, 3.05) is 50.1 Å². The third kappa shape index (κ3) is 4.70. The number of carbonyl (C=O) groups excluding carboxylic acids is 2. The number of pyridine rings is 1. The van der Waals surface area contributed by atoms with E-state index in [1.165, 1.54) is 6.20 Å². The molecule has 1 aromatic heterocycles. The topological polar surface area (TPSA) is 84.0 Å². The third-order valence-corrected chi connectivity index (χ3v) is 4.47. The van der Waals surface area contributed by atoms with Gasteiger partial charge in [-0.1, -0.05) is 6.07 Å². The number of aromatic nitrogens is 1. The number of carbonyl (C=O) groups is 2. The molecule has 8 heteroatoms. The van der Waals surface area contributed by atoms with Gasteiger partial charge in [-0.25, -0.2) is 14.6 Å². The van der Waals surface area contributed by atoms with Crippen LogP contribution in [0.1, 0.15) is 17.3 Å². The van der Waals surface area contributed by atoms with E-state index in [1.807, 2.05) is 18.2 Å². The number of urea groups is 1. The Labute approximate surface area is 164 Å². The molecule has 8 nitrogen and oxygen atoms in total. The SMILES string of the molecule is CCOC(=O)c1ccc(N2CCN(C(=O)Nc3cccc(OC)c3)CC2)nc1. The highest BCUT2D eigenvalue weighted by Gasteiger charge is 2.22. The highest BCUT2D eigenvalue weighted by atomic mass is 16.5. The Morgan fingerprint density at radius 3 is 2.57 bits per heavy atom. The lowest BCUT2D eigenvalue weighted by atomic mass is 10.2. The molecule has 2 amide bonds. The second-order valence-corrected chi connectivity index (χ2v) is 6.26. The quantitative estimate of drug-likeness (QED) is 0.798. The molecule has 0 spiro atoms.